The summed E-state index contributed by atoms with van der Waals surface area (Å²) >= 11 is 0. The fourth-order valence-electron chi connectivity index (χ4n) is 3.75. The van der Waals surface area contributed by atoms with Gasteiger partial charge in [0.1, 0.15) is 11.5 Å². The number of hydrogen-bond donors (Lipinski definition) is 0. The van der Waals surface area contributed by atoms with E-state index in [-0.39, 0.29) is 5.95 Å². The molecule has 0 saturated heterocycles. The van der Waals surface area contributed by atoms with Gasteiger partial charge in [-0.2, -0.15) is 0 Å². The van der Waals surface area contributed by atoms with Crippen LogP contribution in [0.25, 0.3) is 11.4 Å². The number of hydrogen-bond acceptors (Lipinski definition) is 6. The summed E-state index contributed by atoms with van der Waals surface area (Å²) in [7, 11) is 0. The average molecular weight is 465 g/mol. The number of aromatic nitrogens is 2. The summed E-state index contributed by atoms with van der Waals surface area (Å²) < 4.78 is 15.6. The molecule has 3 aromatic rings. The number of nitrogens with zero attached hydrogens (tertiary/aromatic N) is 2. The molecule has 0 amide bonds. The molecule has 0 unspecified atom stereocenters. The van der Waals surface area contributed by atoms with Gasteiger partial charge in [-0.05, 0) is 48.7 Å². The first kappa shape index (κ1) is 25.5. The number of unbranched alkanes of at least 4 members (excludes halogenated alkanes) is 8. The van der Waals surface area contributed by atoms with Gasteiger partial charge in [-0.25, -0.2) is 14.8 Å². The number of rotatable bonds is 14. The Hall–Kier alpha value is -3.15. The van der Waals surface area contributed by atoms with Gasteiger partial charge in [-0.1, -0.05) is 65.2 Å². The molecule has 34 heavy (non-hydrogen) atoms. The van der Waals surface area contributed by atoms with Gasteiger partial charge in [0.25, 0.3) is 5.95 Å². The monoisotopic (exact) mass is 464 g/mol. The molecule has 182 valence electrons. The lowest BCUT2D eigenvalue weighted by Gasteiger charge is -2.06. The van der Waals surface area contributed by atoms with E-state index in [1.54, 1.807) is 24.3 Å². The van der Waals surface area contributed by atoms with E-state index in [0.29, 0.717) is 11.6 Å². The third-order valence-corrected chi connectivity index (χ3v) is 5.76. The number of carbonyl (C=O) groups is 1. The molecule has 0 bridgehead atoms. The minimum atomic E-state index is -0.846. The molecule has 6 heteroatoms. The van der Waals surface area contributed by atoms with Crippen LogP contribution >= 0.6 is 0 Å². The molecule has 2 heterocycles. The van der Waals surface area contributed by atoms with Gasteiger partial charge < -0.3 is 13.9 Å². The SMILES string of the molecule is CCCCCCCCCCCc1cnc(-c2ccc(OC(=O)Oc3ccc(CC)o3)cc2)nc1. The van der Waals surface area contributed by atoms with E-state index < -0.39 is 6.16 Å². The van der Waals surface area contributed by atoms with Crippen LogP contribution in [0.15, 0.2) is 53.2 Å². The Kier molecular flexibility index (Phi) is 10.6. The molecule has 0 fully saturated rings. The summed E-state index contributed by atoms with van der Waals surface area (Å²) in [5, 5.41) is 0. The van der Waals surface area contributed by atoms with E-state index in [1.807, 2.05) is 31.5 Å². The zero-order valence-corrected chi connectivity index (χ0v) is 20.4. The van der Waals surface area contributed by atoms with Crippen LogP contribution in [0.4, 0.5) is 4.79 Å². The lowest BCUT2D eigenvalue weighted by atomic mass is 10.1. The fourth-order valence-corrected chi connectivity index (χ4v) is 3.75. The van der Waals surface area contributed by atoms with E-state index in [0.717, 1.165) is 24.2 Å². The van der Waals surface area contributed by atoms with Crippen molar-refractivity contribution in [2.75, 3.05) is 0 Å². The Morgan fingerprint density at radius 1 is 0.794 bits per heavy atom. The Labute approximate surface area is 202 Å². The molecule has 0 radical (unpaired) electrons. The van der Waals surface area contributed by atoms with Gasteiger partial charge in [0, 0.05) is 30.4 Å². The Balaban J connectivity index is 1.38. The predicted octanol–water partition coefficient (Wildman–Crippen LogP) is 7.95. The van der Waals surface area contributed by atoms with Crippen LogP contribution in [0.5, 0.6) is 11.7 Å². The van der Waals surface area contributed by atoms with Gasteiger partial charge in [-0.3, -0.25) is 0 Å². The number of furan rings is 1. The van der Waals surface area contributed by atoms with E-state index in [1.165, 1.54) is 63.4 Å². The molecule has 0 aliphatic heterocycles. The molecule has 3 rings (SSSR count). The van der Waals surface area contributed by atoms with Crippen molar-refractivity contribution in [3.63, 3.8) is 0 Å². The van der Waals surface area contributed by atoms with Crippen LogP contribution in [0.3, 0.4) is 0 Å². The maximum Gasteiger partial charge on any atom is 0.521 e. The lowest BCUT2D eigenvalue weighted by Crippen LogP contribution is -2.13. The topological polar surface area (TPSA) is 74.5 Å². The van der Waals surface area contributed by atoms with Gasteiger partial charge in [0.2, 0.25) is 0 Å². The summed E-state index contributed by atoms with van der Waals surface area (Å²) in [5.41, 5.74) is 2.02. The molecular formula is C28H36N2O4. The summed E-state index contributed by atoms with van der Waals surface area (Å²) in [4.78, 5) is 21.0. The normalized spacial score (nSPS) is 10.9. The molecule has 1 aromatic carbocycles. The Morgan fingerprint density at radius 2 is 1.44 bits per heavy atom. The highest BCUT2D eigenvalue weighted by Crippen LogP contribution is 2.21. The molecule has 6 nitrogen and oxygen atoms in total. The molecule has 0 spiro atoms. The van der Waals surface area contributed by atoms with E-state index in [2.05, 4.69) is 16.9 Å². The predicted molar refractivity (Wildman–Crippen MR) is 133 cm³/mol. The first-order valence-electron chi connectivity index (χ1n) is 12.6. The van der Waals surface area contributed by atoms with Crippen LogP contribution in [0, 0.1) is 0 Å². The largest absolute Gasteiger partial charge is 0.521 e. The molecule has 0 saturated carbocycles. The quantitative estimate of drug-likeness (QED) is 0.137. The maximum absolute atomic E-state index is 11.9. The van der Waals surface area contributed by atoms with Crippen LogP contribution in [0.2, 0.25) is 0 Å². The van der Waals surface area contributed by atoms with Gasteiger partial charge in [0.15, 0.2) is 5.82 Å². The average Bonchev–Trinajstić information content (AvgIpc) is 3.31. The Bertz CT molecular complexity index is 980. The smallest absolute Gasteiger partial charge is 0.430 e. The van der Waals surface area contributed by atoms with Crippen molar-refractivity contribution in [1.82, 2.24) is 9.97 Å². The molecule has 0 aliphatic rings. The molecular weight excluding hydrogens is 428 g/mol. The summed E-state index contributed by atoms with van der Waals surface area (Å²) in [6, 6.07) is 10.4. The summed E-state index contributed by atoms with van der Waals surface area (Å²) in [6.45, 7) is 4.21. The van der Waals surface area contributed by atoms with Crippen molar-refractivity contribution < 1.29 is 18.7 Å². The van der Waals surface area contributed by atoms with Crippen molar-refractivity contribution in [3.05, 3.63) is 60.1 Å². The minimum Gasteiger partial charge on any atom is -0.430 e. The maximum atomic E-state index is 11.9. The highest BCUT2D eigenvalue weighted by Gasteiger charge is 2.11. The van der Waals surface area contributed by atoms with Crippen LogP contribution < -0.4 is 9.47 Å². The zero-order valence-electron chi connectivity index (χ0n) is 20.4. The highest BCUT2D eigenvalue weighted by molar-refractivity contribution is 5.67. The number of carbonyl (C=O) groups excluding carboxylic acids is 1. The van der Waals surface area contributed by atoms with Crippen molar-refractivity contribution in [1.29, 1.82) is 0 Å². The fraction of sp³-hybridized carbons (Fsp3) is 0.464. The van der Waals surface area contributed by atoms with Crippen LogP contribution in [-0.2, 0) is 12.8 Å². The lowest BCUT2D eigenvalue weighted by molar-refractivity contribution is 0.139. The van der Waals surface area contributed by atoms with Crippen molar-refractivity contribution >= 4 is 6.16 Å². The number of benzene rings is 1. The van der Waals surface area contributed by atoms with Crippen molar-refractivity contribution in [3.8, 4) is 23.1 Å². The second kappa shape index (κ2) is 14.2. The van der Waals surface area contributed by atoms with E-state index in [9.17, 15) is 4.79 Å². The van der Waals surface area contributed by atoms with Gasteiger partial charge in [0.05, 0.1) is 0 Å². The van der Waals surface area contributed by atoms with Gasteiger partial charge >= 0.3 is 6.16 Å². The third-order valence-electron chi connectivity index (χ3n) is 5.76. The van der Waals surface area contributed by atoms with E-state index >= 15 is 0 Å². The van der Waals surface area contributed by atoms with Crippen molar-refractivity contribution in [2.24, 2.45) is 0 Å². The first-order chi connectivity index (χ1) is 16.7. The van der Waals surface area contributed by atoms with E-state index in [4.69, 9.17) is 13.9 Å². The number of ether oxygens (including phenoxy) is 2. The standard InChI is InChI=1S/C28H36N2O4/c1-3-5-6-7-8-9-10-11-12-13-22-20-29-27(30-21-22)23-14-16-25(17-15-23)33-28(31)34-26-19-18-24(4-2)32-26/h14-21H,3-13H2,1-2H3. The summed E-state index contributed by atoms with van der Waals surface area (Å²) in [6.07, 6.45) is 16.6. The second-order valence-corrected chi connectivity index (χ2v) is 8.55. The van der Waals surface area contributed by atoms with Crippen molar-refractivity contribution in [2.45, 2.75) is 84.5 Å². The zero-order chi connectivity index (χ0) is 24.0. The Morgan fingerprint density at radius 3 is 2.06 bits per heavy atom. The molecule has 0 atom stereocenters. The van der Waals surface area contributed by atoms with Crippen LogP contribution in [0.1, 0.15) is 83.0 Å². The molecule has 2 aromatic heterocycles. The molecule has 0 N–H and O–H groups in total. The number of aryl methyl sites for hydroxylation is 2. The van der Waals surface area contributed by atoms with Crippen LogP contribution in [-0.4, -0.2) is 16.1 Å². The summed E-state index contributed by atoms with van der Waals surface area (Å²) in [5.74, 6) is 1.88. The first-order valence-corrected chi connectivity index (χ1v) is 12.6. The highest BCUT2D eigenvalue weighted by atomic mass is 16.8. The molecule has 0 aliphatic carbocycles. The second-order valence-electron chi connectivity index (χ2n) is 8.55. The third kappa shape index (κ3) is 8.65. The minimum absolute atomic E-state index is 0.120. The van der Waals surface area contributed by atoms with Gasteiger partial charge in [-0.15, -0.1) is 0 Å².